The maximum absolute atomic E-state index is 2.30. The van der Waals surface area contributed by atoms with Gasteiger partial charge in [0, 0.05) is 5.92 Å². The highest BCUT2D eigenvalue weighted by Gasteiger charge is 2.28. The molecule has 1 unspecified atom stereocenters. The van der Waals surface area contributed by atoms with Crippen molar-refractivity contribution in [1.82, 2.24) is 0 Å². The summed E-state index contributed by atoms with van der Waals surface area (Å²) in [6, 6.07) is 15.4. The third-order valence-corrected chi connectivity index (χ3v) is 3.73. The van der Waals surface area contributed by atoms with E-state index in [1.807, 2.05) is 0 Å². The van der Waals surface area contributed by atoms with Crippen LogP contribution < -0.4 is 0 Å². The smallest absolute Gasteiger partial charge is 0.0290 e. The molecule has 0 nitrogen and oxygen atoms in total. The van der Waals surface area contributed by atoms with Crippen molar-refractivity contribution in [1.29, 1.82) is 0 Å². The van der Waals surface area contributed by atoms with Crippen molar-refractivity contribution < 1.29 is 0 Å². The van der Waals surface area contributed by atoms with E-state index in [2.05, 4.69) is 66.8 Å². The fraction of sp³-hybridized carbons (Fsp3) is 0.0588. The fourth-order valence-electron chi connectivity index (χ4n) is 3.01. The first-order chi connectivity index (χ1) is 8.45. The van der Waals surface area contributed by atoms with Gasteiger partial charge in [-0.25, -0.2) is 0 Å². The van der Waals surface area contributed by atoms with Crippen molar-refractivity contribution in [2.45, 2.75) is 5.92 Å². The van der Waals surface area contributed by atoms with Crippen LogP contribution in [0.4, 0.5) is 0 Å². The maximum atomic E-state index is 2.30. The number of hydrogen-bond donors (Lipinski definition) is 0. The fourth-order valence-corrected chi connectivity index (χ4v) is 3.01. The molecule has 0 aromatic heterocycles. The minimum absolute atomic E-state index is 0.437. The maximum Gasteiger partial charge on any atom is 0.0290 e. The molecule has 80 valence electrons. The van der Waals surface area contributed by atoms with Crippen molar-refractivity contribution >= 4 is 6.08 Å². The summed E-state index contributed by atoms with van der Waals surface area (Å²) in [6.45, 7) is 0. The van der Waals surface area contributed by atoms with E-state index >= 15 is 0 Å². The van der Waals surface area contributed by atoms with Gasteiger partial charge in [0.1, 0.15) is 0 Å². The average molecular weight is 216 g/mol. The molecule has 1 atom stereocenters. The highest BCUT2D eigenvalue weighted by atomic mass is 14.3. The lowest BCUT2D eigenvalue weighted by Crippen LogP contribution is -1.93. The van der Waals surface area contributed by atoms with E-state index in [0.717, 1.165) is 0 Å². The molecular weight excluding hydrogens is 204 g/mol. The van der Waals surface area contributed by atoms with Crippen molar-refractivity contribution in [3.05, 3.63) is 77.4 Å². The molecule has 2 aromatic carbocycles. The Morgan fingerprint density at radius 1 is 0.765 bits per heavy atom. The lowest BCUT2D eigenvalue weighted by atomic mass is 9.94. The summed E-state index contributed by atoms with van der Waals surface area (Å²) >= 11 is 0. The van der Waals surface area contributed by atoms with E-state index in [9.17, 15) is 0 Å². The second-order valence-corrected chi connectivity index (χ2v) is 4.62. The molecule has 0 bridgehead atoms. The van der Waals surface area contributed by atoms with Crippen LogP contribution in [0.2, 0.25) is 0 Å². The Bertz CT molecular complexity index is 659. The minimum atomic E-state index is 0.437. The van der Waals surface area contributed by atoms with Crippen LogP contribution in [0.5, 0.6) is 0 Å². The van der Waals surface area contributed by atoms with Crippen LogP contribution in [0.25, 0.3) is 17.2 Å². The van der Waals surface area contributed by atoms with Gasteiger partial charge in [0.2, 0.25) is 0 Å². The molecule has 4 rings (SSSR count). The molecule has 0 N–H and O–H groups in total. The first-order valence-electron chi connectivity index (χ1n) is 6.02. The highest BCUT2D eigenvalue weighted by molar-refractivity contribution is 5.84. The van der Waals surface area contributed by atoms with Gasteiger partial charge in [-0.2, -0.15) is 0 Å². The summed E-state index contributed by atoms with van der Waals surface area (Å²) < 4.78 is 0. The van der Waals surface area contributed by atoms with Gasteiger partial charge in [-0.3, -0.25) is 0 Å². The number of allylic oxidation sites excluding steroid dienone is 3. The number of hydrogen-bond acceptors (Lipinski definition) is 0. The van der Waals surface area contributed by atoms with Crippen LogP contribution in [-0.2, 0) is 0 Å². The van der Waals surface area contributed by atoms with E-state index in [1.54, 1.807) is 0 Å². The Morgan fingerprint density at radius 2 is 1.65 bits per heavy atom. The Morgan fingerprint density at radius 3 is 2.65 bits per heavy atom. The zero-order valence-electron chi connectivity index (χ0n) is 9.43. The minimum Gasteiger partial charge on any atom is -0.0726 e. The van der Waals surface area contributed by atoms with Crippen molar-refractivity contribution in [2.75, 3.05) is 0 Å². The second-order valence-electron chi connectivity index (χ2n) is 4.62. The molecule has 0 radical (unpaired) electrons. The quantitative estimate of drug-likeness (QED) is 0.613. The first kappa shape index (κ1) is 9.00. The summed E-state index contributed by atoms with van der Waals surface area (Å²) in [5.74, 6) is 0.437. The summed E-state index contributed by atoms with van der Waals surface area (Å²) in [5.41, 5.74) is 7.07. The SMILES string of the molecule is C1=Cc2cccc3c2C(C=C1)c1ccccc1-3. The second kappa shape index (κ2) is 3.21. The van der Waals surface area contributed by atoms with E-state index < -0.39 is 0 Å². The molecule has 0 fully saturated rings. The summed E-state index contributed by atoms with van der Waals surface area (Å²) in [5, 5.41) is 0. The van der Waals surface area contributed by atoms with Gasteiger partial charge >= 0.3 is 0 Å². The molecular formula is C17H12. The Kier molecular flexibility index (Phi) is 1.70. The Hall–Kier alpha value is -2.08. The molecule has 0 spiro atoms. The third-order valence-electron chi connectivity index (χ3n) is 3.73. The molecule has 2 aliphatic carbocycles. The normalized spacial score (nSPS) is 18.7. The molecule has 2 aliphatic rings. The monoisotopic (exact) mass is 216 g/mol. The number of benzene rings is 2. The standard InChI is InChI=1S/C17H12/c1-2-10-15-13-8-3-4-9-14(13)16-11-5-7-12(6-1)17(15)16/h1-11,15H. The van der Waals surface area contributed by atoms with E-state index in [0.29, 0.717) is 5.92 Å². The van der Waals surface area contributed by atoms with Crippen LogP contribution >= 0.6 is 0 Å². The predicted molar refractivity (Wildman–Crippen MR) is 71.9 cm³/mol. The van der Waals surface area contributed by atoms with Crippen LogP contribution in [0.15, 0.2) is 60.7 Å². The van der Waals surface area contributed by atoms with Crippen molar-refractivity contribution in [3.63, 3.8) is 0 Å². The van der Waals surface area contributed by atoms with Crippen LogP contribution in [0.3, 0.4) is 0 Å². The molecule has 2 aromatic rings. The molecule has 0 heteroatoms. The Balaban J connectivity index is 2.14. The molecule has 0 aliphatic heterocycles. The summed E-state index contributed by atoms with van der Waals surface area (Å²) in [4.78, 5) is 0. The number of fused-ring (bicyclic) bond motifs is 3. The zero-order valence-corrected chi connectivity index (χ0v) is 9.43. The molecule has 0 heterocycles. The zero-order chi connectivity index (χ0) is 11.2. The van der Waals surface area contributed by atoms with Gasteiger partial charge in [-0.05, 0) is 27.8 Å². The average Bonchev–Trinajstić information content (AvgIpc) is 2.56. The van der Waals surface area contributed by atoms with Crippen LogP contribution in [-0.4, -0.2) is 0 Å². The summed E-state index contributed by atoms with van der Waals surface area (Å²) in [6.07, 6.45) is 8.81. The third kappa shape index (κ3) is 1.13. The van der Waals surface area contributed by atoms with E-state index in [1.165, 1.54) is 27.8 Å². The van der Waals surface area contributed by atoms with Gasteiger partial charge in [0.25, 0.3) is 0 Å². The van der Waals surface area contributed by atoms with Gasteiger partial charge in [-0.1, -0.05) is 66.8 Å². The molecule has 17 heavy (non-hydrogen) atoms. The molecule has 0 saturated heterocycles. The van der Waals surface area contributed by atoms with Gasteiger partial charge in [-0.15, -0.1) is 0 Å². The van der Waals surface area contributed by atoms with Crippen molar-refractivity contribution in [2.24, 2.45) is 0 Å². The van der Waals surface area contributed by atoms with E-state index in [4.69, 9.17) is 0 Å². The van der Waals surface area contributed by atoms with Crippen LogP contribution in [0.1, 0.15) is 22.6 Å². The van der Waals surface area contributed by atoms with Gasteiger partial charge < -0.3 is 0 Å². The Labute approximate surface area is 101 Å². The van der Waals surface area contributed by atoms with Crippen LogP contribution in [0, 0.1) is 0 Å². The van der Waals surface area contributed by atoms with Gasteiger partial charge in [0.05, 0.1) is 0 Å². The summed E-state index contributed by atoms with van der Waals surface area (Å²) in [7, 11) is 0. The largest absolute Gasteiger partial charge is 0.0726 e. The number of rotatable bonds is 0. The van der Waals surface area contributed by atoms with E-state index in [-0.39, 0.29) is 0 Å². The predicted octanol–water partition coefficient (Wildman–Crippen LogP) is 4.38. The van der Waals surface area contributed by atoms with Crippen molar-refractivity contribution in [3.8, 4) is 11.1 Å². The lowest BCUT2D eigenvalue weighted by molar-refractivity contribution is 1.07. The lowest BCUT2D eigenvalue weighted by Gasteiger charge is -2.09. The molecule has 0 amide bonds. The highest BCUT2D eigenvalue weighted by Crippen LogP contribution is 2.47. The molecule has 0 saturated carbocycles. The topological polar surface area (TPSA) is 0 Å². The first-order valence-corrected chi connectivity index (χ1v) is 6.02. The van der Waals surface area contributed by atoms with Gasteiger partial charge in [0.15, 0.2) is 0 Å².